The van der Waals surface area contributed by atoms with Gasteiger partial charge in [-0.3, -0.25) is 0 Å². The monoisotopic (exact) mass is 206 g/mol. The van der Waals surface area contributed by atoms with Gasteiger partial charge in [0.1, 0.15) is 0 Å². The fourth-order valence-electron chi connectivity index (χ4n) is 2.28. The molecule has 0 amide bonds. The second-order valence-electron chi connectivity index (χ2n) is 5.03. The van der Waals surface area contributed by atoms with Crippen molar-refractivity contribution < 1.29 is 0 Å². The lowest BCUT2D eigenvalue weighted by Gasteiger charge is -2.19. The van der Waals surface area contributed by atoms with Crippen molar-refractivity contribution in [2.24, 2.45) is 11.8 Å². The highest BCUT2D eigenvalue weighted by Gasteiger charge is 2.11. The third-order valence-electron chi connectivity index (χ3n) is 3.43. The lowest BCUT2D eigenvalue weighted by molar-refractivity contribution is 0.332. The standard InChI is InChI=1S/C15H26/c1-14(2)15-12-10-8-6-4-3-5-7-9-11-13-15/h4,6-7,9,14-15H,3,5,8,10-13H2,1-2H3. The van der Waals surface area contributed by atoms with Crippen molar-refractivity contribution in [3.8, 4) is 0 Å². The van der Waals surface area contributed by atoms with Crippen LogP contribution < -0.4 is 0 Å². The van der Waals surface area contributed by atoms with Crippen LogP contribution in [0.4, 0.5) is 0 Å². The van der Waals surface area contributed by atoms with E-state index in [4.69, 9.17) is 0 Å². The summed E-state index contributed by atoms with van der Waals surface area (Å²) in [4.78, 5) is 0. The number of hydrogen-bond acceptors (Lipinski definition) is 0. The van der Waals surface area contributed by atoms with E-state index in [1.807, 2.05) is 0 Å². The summed E-state index contributed by atoms with van der Waals surface area (Å²) in [7, 11) is 0. The van der Waals surface area contributed by atoms with E-state index in [0.717, 1.165) is 11.8 Å². The van der Waals surface area contributed by atoms with Crippen LogP contribution in [0, 0.1) is 11.8 Å². The van der Waals surface area contributed by atoms with E-state index in [1.165, 1.54) is 44.9 Å². The number of allylic oxidation sites excluding steroid dienone is 4. The van der Waals surface area contributed by atoms with Crippen molar-refractivity contribution in [3.05, 3.63) is 24.3 Å². The summed E-state index contributed by atoms with van der Waals surface area (Å²) in [6.07, 6.45) is 18.6. The minimum atomic E-state index is 0.852. The molecule has 1 aliphatic rings. The van der Waals surface area contributed by atoms with Crippen molar-refractivity contribution in [3.63, 3.8) is 0 Å². The summed E-state index contributed by atoms with van der Waals surface area (Å²) in [5, 5.41) is 0. The lowest BCUT2D eigenvalue weighted by Crippen LogP contribution is -2.08. The molecule has 0 aromatic rings. The van der Waals surface area contributed by atoms with Gasteiger partial charge in [0, 0.05) is 0 Å². The third-order valence-corrected chi connectivity index (χ3v) is 3.43. The molecule has 0 aromatic carbocycles. The fourth-order valence-corrected chi connectivity index (χ4v) is 2.28. The van der Waals surface area contributed by atoms with Gasteiger partial charge in [-0.05, 0) is 56.8 Å². The number of rotatable bonds is 1. The topological polar surface area (TPSA) is 0 Å². The van der Waals surface area contributed by atoms with Crippen LogP contribution in [-0.2, 0) is 0 Å². The largest absolute Gasteiger partial charge is 0.0885 e. The van der Waals surface area contributed by atoms with E-state index in [2.05, 4.69) is 38.2 Å². The molecular formula is C15H26. The minimum Gasteiger partial charge on any atom is -0.0885 e. The molecule has 1 atom stereocenters. The van der Waals surface area contributed by atoms with Gasteiger partial charge in [-0.25, -0.2) is 0 Å². The highest BCUT2D eigenvalue weighted by Crippen LogP contribution is 2.24. The maximum absolute atomic E-state index is 2.38. The van der Waals surface area contributed by atoms with Crippen LogP contribution in [-0.4, -0.2) is 0 Å². The van der Waals surface area contributed by atoms with E-state index in [0.29, 0.717) is 0 Å². The van der Waals surface area contributed by atoms with Crippen LogP contribution in [0.1, 0.15) is 58.8 Å². The second-order valence-corrected chi connectivity index (χ2v) is 5.03. The molecule has 0 bridgehead atoms. The van der Waals surface area contributed by atoms with Gasteiger partial charge in [0.15, 0.2) is 0 Å². The molecule has 0 aromatic heterocycles. The van der Waals surface area contributed by atoms with Crippen LogP contribution in [0.5, 0.6) is 0 Å². The van der Waals surface area contributed by atoms with Gasteiger partial charge in [0.2, 0.25) is 0 Å². The first-order valence-corrected chi connectivity index (χ1v) is 6.60. The first-order valence-electron chi connectivity index (χ1n) is 6.60. The zero-order valence-electron chi connectivity index (χ0n) is 10.4. The second kappa shape index (κ2) is 7.73. The zero-order valence-corrected chi connectivity index (χ0v) is 10.4. The first-order chi connectivity index (χ1) is 7.30. The summed E-state index contributed by atoms with van der Waals surface area (Å²) in [6.45, 7) is 4.74. The van der Waals surface area contributed by atoms with Crippen LogP contribution in [0.25, 0.3) is 0 Å². The van der Waals surface area contributed by atoms with Gasteiger partial charge in [-0.15, -0.1) is 0 Å². The summed E-state index contributed by atoms with van der Waals surface area (Å²) in [5.74, 6) is 1.78. The van der Waals surface area contributed by atoms with Crippen LogP contribution >= 0.6 is 0 Å². The van der Waals surface area contributed by atoms with Gasteiger partial charge in [-0.2, -0.15) is 0 Å². The average molecular weight is 206 g/mol. The Hall–Kier alpha value is -0.520. The quantitative estimate of drug-likeness (QED) is 0.523. The highest BCUT2D eigenvalue weighted by atomic mass is 14.2. The maximum Gasteiger partial charge on any atom is -0.0316 e. The average Bonchev–Trinajstić information content (AvgIpc) is 2.18. The number of hydrogen-bond donors (Lipinski definition) is 0. The van der Waals surface area contributed by atoms with Gasteiger partial charge >= 0.3 is 0 Å². The van der Waals surface area contributed by atoms with Crippen molar-refractivity contribution in [2.45, 2.75) is 58.8 Å². The van der Waals surface area contributed by atoms with E-state index < -0.39 is 0 Å². The van der Waals surface area contributed by atoms with Gasteiger partial charge in [-0.1, -0.05) is 38.2 Å². The summed E-state index contributed by atoms with van der Waals surface area (Å²) in [6, 6.07) is 0. The van der Waals surface area contributed by atoms with E-state index in [-0.39, 0.29) is 0 Å². The molecule has 0 heterocycles. The zero-order chi connectivity index (χ0) is 10.9. The van der Waals surface area contributed by atoms with E-state index in [9.17, 15) is 0 Å². The molecule has 0 aliphatic heterocycles. The molecule has 1 unspecified atom stereocenters. The molecule has 0 heteroatoms. The molecule has 0 N–H and O–H groups in total. The Kier molecular flexibility index (Phi) is 6.47. The summed E-state index contributed by atoms with van der Waals surface area (Å²) < 4.78 is 0. The van der Waals surface area contributed by atoms with Crippen molar-refractivity contribution in [1.29, 1.82) is 0 Å². The van der Waals surface area contributed by atoms with Crippen LogP contribution in [0.3, 0.4) is 0 Å². The Balaban J connectivity index is 2.41. The van der Waals surface area contributed by atoms with Crippen molar-refractivity contribution in [1.82, 2.24) is 0 Å². The Morgan fingerprint density at radius 1 is 0.800 bits per heavy atom. The Morgan fingerprint density at radius 3 is 2.07 bits per heavy atom. The maximum atomic E-state index is 2.38. The molecule has 1 rings (SSSR count). The Labute approximate surface area is 95.5 Å². The molecule has 1 aliphatic carbocycles. The lowest BCUT2D eigenvalue weighted by atomic mass is 9.86. The van der Waals surface area contributed by atoms with Crippen LogP contribution in [0.2, 0.25) is 0 Å². The van der Waals surface area contributed by atoms with Crippen molar-refractivity contribution in [2.75, 3.05) is 0 Å². The minimum absolute atomic E-state index is 0.852. The molecular weight excluding hydrogens is 180 g/mol. The third kappa shape index (κ3) is 5.81. The fraction of sp³-hybridized carbons (Fsp3) is 0.733. The molecule has 0 nitrogen and oxygen atoms in total. The Morgan fingerprint density at radius 2 is 1.40 bits per heavy atom. The summed E-state index contributed by atoms with van der Waals surface area (Å²) in [5.41, 5.74) is 0. The van der Waals surface area contributed by atoms with Gasteiger partial charge in [0.25, 0.3) is 0 Å². The molecule has 0 saturated heterocycles. The van der Waals surface area contributed by atoms with Crippen molar-refractivity contribution >= 4 is 0 Å². The normalized spacial score (nSPS) is 24.9. The predicted molar refractivity (Wildman–Crippen MR) is 68.9 cm³/mol. The van der Waals surface area contributed by atoms with Gasteiger partial charge in [0.05, 0.1) is 0 Å². The molecule has 0 fully saturated rings. The van der Waals surface area contributed by atoms with Crippen LogP contribution in [0.15, 0.2) is 24.3 Å². The molecule has 0 spiro atoms. The first kappa shape index (κ1) is 12.5. The predicted octanol–water partition coefficient (Wildman–Crippen LogP) is 5.12. The summed E-state index contributed by atoms with van der Waals surface area (Å²) >= 11 is 0. The van der Waals surface area contributed by atoms with E-state index in [1.54, 1.807) is 0 Å². The van der Waals surface area contributed by atoms with Gasteiger partial charge < -0.3 is 0 Å². The van der Waals surface area contributed by atoms with E-state index >= 15 is 0 Å². The smallest absolute Gasteiger partial charge is 0.0316 e. The SMILES string of the molecule is CC(C)C1CCC=CCCC=CCCC1. The molecule has 15 heavy (non-hydrogen) atoms. The highest BCUT2D eigenvalue weighted by molar-refractivity contribution is 4.89. The Bertz CT molecular complexity index is 198. The molecule has 0 saturated carbocycles. The molecule has 86 valence electrons. The molecule has 0 radical (unpaired) electrons.